The Morgan fingerprint density at radius 3 is 2.45 bits per heavy atom. The molecule has 0 radical (unpaired) electrons. The summed E-state index contributed by atoms with van der Waals surface area (Å²) in [5.74, 6) is -3.09. The fourth-order valence-corrected chi connectivity index (χ4v) is 1.88. The van der Waals surface area contributed by atoms with E-state index in [1.165, 1.54) is 24.8 Å². The van der Waals surface area contributed by atoms with Gasteiger partial charge in [-0.1, -0.05) is 0 Å². The number of carboxylic acids is 1. The Morgan fingerprint density at radius 1 is 1.40 bits per heavy atom. The Hall–Kier alpha value is -2.23. The van der Waals surface area contributed by atoms with Gasteiger partial charge in [0.05, 0.1) is 7.11 Å². The number of aromatic nitrogens is 2. The van der Waals surface area contributed by atoms with E-state index in [-0.39, 0.29) is 5.97 Å². The average Bonchev–Trinajstić information content (AvgIpc) is 2.81. The Bertz CT molecular complexity index is 593. The molecule has 0 aliphatic heterocycles. The molecule has 0 unspecified atom stereocenters. The zero-order valence-corrected chi connectivity index (χ0v) is 10.7. The third-order valence-corrected chi connectivity index (χ3v) is 2.86. The van der Waals surface area contributed by atoms with Gasteiger partial charge in [-0.15, -0.1) is 11.3 Å². The van der Waals surface area contributed by atoms with Crippen molar-refractivity contribution in [2.45, 2.75) is 6.18 Å². The summed E-state index contributed by atoms with van der Waals surface area (Å²) in [5.41, 5.74) is 0. The maximum Gasteiger partial charge on any atom is 0.490 e. The van der Waals surface area contributed by atoms with Crippen LogP contribution < -0.4 is 0 Å². The van der Waals surface area contributed by atoms with Crippen molar-refractivity contribution >= 4 is 33.5 Å². The molecular weight excluding hydrogens is 301 g/mol. The maximum absolute atomic E-state index is 11.1. The molecule has 2 aromatic heterocycles. The van der Waals surface area contributed by atoms with Crippen LogP contribution in [-0.4, -0.2) is 40.3 Å². The summed E-state index contributed by atoms with van der Waals surface area (Å²) < 4.78 is 36.3. The lowest BCUT2D eigenvalue weighted by molar-refractivity contribution is -0.192. The number of carbonyl (C=O) groups excluding carboxylic acids is 1. The molecule has 1 N–H and O–H groups in total. The summed E-state index contributed by atoms with van der Waals surface area (Å²) in [5, 5.41) is 7.99. The third-order valence-electron chi connectivity index (χ3n) is 1.82. The summed E-state index contributed by atoms with van der Waals surface area (Å²) in [4.78, 5) is 29.2. The summed E-state index contributed by atoms with van der Waals surface area (Å²) in [6.07, 6.45) is -1.95. The van der Waals surface area contributed by atoms with Crippen molar-refractivity contribution in [1.82, 2.24) is 9.97 Å². The Balaban J connectivity index is 0.000000246. The lowest BCUT2D eigenvalue weighted by atomic mass is 10.4. The topological polar surface area (TPSA) is 89.4 Å². The summed E-state index contributed by atoms with van der Waals surface area (Å²) in [6.45, 7) is 0. The molecule has 0 aromatic carbocycles. The van der Waals surface area contributed by atoms with E-state index in [0.717, 1.165) is 10.2 Å². The molecular formula is C10H7F3N2O4S. The van der Waals surface area contributed by atoms with Crippen LogP contribution in [0.2, 0.25) is 0 Å². The molecule has 0 amide bonds. The van der Waals surface area contributed by atoms with E-state index in [4.69, 9.17) is 9.90 Å². The number of thiophene rings is 1. The first-order valence-corrected chi connectivity index (χ1v) is 5.65. The number of carbonyl (C=O) groups is 2. The second-order valence-electron chi connectivity index (χ2n) is 3.19. The van der Waals surface area contributed by atoms with Crippen LogP contribution in [0.1, 0.15) is 9.67 Å². The minimum atomic E-state index is -5.08. The maximum atomic E-state index is 11.1. The zero-order chi connectivity index (χ0) is 15.3. The first kappa shape index (κ1) is 15.8. The highest BCUT2D eigenvalue weighted by atomic mass is 32.1. The summed E-state index contributed by atoms with van der Waals surface area (Å²) in [7, 11) is 1.36. The molecule has 20 heavy (non-hydrogen) atoms. The van der Waals surface area contributed by atoms with E-state index >= 15 is 0 Å². The van der Waals surface area contributed by atoms with Gasteiger partial charge in [0.1, 0.15) is 16.0 Å². The largest absolute Gasteiger partial charge is 0.490 e. The number of alkyl halides is 3. The van der Waals surface area contributed by atoms with E-state index in [0.29, 0.717) is 4.88 Å². The van der Waals surface area contributed by atoms with Crippen molar-refractivity contribution in [2.24, 2.45) is 0 Å². The van der Waals surface area contributed by atoms with Crippen molar-refractivity contribution in [2.75, 3.05) is 7.11 Å². The number of aliphatic carboxylic acids is 1. The van der Waals surface area contributed by atoms with Crippen LogP contribution in [0.25, 0.3) is 10.2 Å². The molecule has 0 aliphatic carbocycles. The van der Waals surface area contributed by atoms with Crippen molar-refractivity contribution in [3.8, 4) is 0 Å². The summed E-state index contributed by atoms with van der Waals surface area (Å²) in [6, 6.07) is 1.73. The van der Waals surface area contributed by atoms with Crippen LogP contribution in [0, 0.1) is 0 Å². The summed E-state index contributed by atoms with van der Waals surface area (Å²) >= 11 is 1.30. The Morgan fingerprint density at radius 2 is 2.00 bits per heavy atom. The van der Waals surface area contributed by atoms with Gasteiger partial charge in [-0.2, -0.15) is 13.2 Å². The van der Waals surface area contributed by atoms with Gasteiger partial charge < -0.3 is 9.84 Å². The molecule has 0 saturated heterocycles. The van der Waals surface area contributed by atoms with E-state index < -0.39 is 12.1 Å². The number of hydrogen-bond acceptors (Lipinski definition) is 6. The first-order chi connectivity index (χ1) is 9.25. The fourth-order valence-electron chi connectivity index (χ4n) is 0.989. The van der Waals surface area contributed by atoms with E-state index in [1.54, 1.807) is 12.3 Å². The lowest BCUT2D eigenvalue weighted by Crippen LogP contribution is -2.21. The standard InChI is InChI=1S/C8H6N2O2S.C2HF3O2/c1-12-8(11)6-2-5-3-9-4-10-7(5)13-6;3-2(4,5)1(6)7/h2-4H,1H3;(H,6,7). The minimum absolute atomic E-state index is 0.331. The molecule has 2 rings (SSSR count). The molecule has 108 valence electrons. The molecule has 10 heteroatoms. The fraction of sp³-hybridized carbons (Fsp3) is 0.200. The second-order valence-corrected chi connectivity index (χ2v) is 4.22. The number of rotatable bonds is 1. The number of halogens is 3. The van der Waals surface area contributed by atoms with Gasteiger partial charge >= 0.3 is 18.1 Å². The van der Waals surface area contributed by atoms with Crippen LogP contribution in [-0.2, 0) is 9.53 Å². The quantitative estimate of drug-likeness (QED) is 0.812. The average molecular weight is 308 g/mol. The number of nitrogens with zero attached hydrogens (tertiary/aromatic N) is 2. The monoisotopic (exact) mass is 308 g/mol. The smallest absolute Gasteiger partial charge is 0.475 e. The minimum Gasteiger partial charge on any atom is -0.475 e. The Labute approximate surface area is 113 Å². The van der Waals surface area contributed by atoms with Crippen LogP contribution in [0.4, 0.5) is 13.2 Å². The van der Waals surface area contributed by atoms with Gasteiger partial charge in [0.25, 0.3) is 0 Å². The van der Waals surface area contributed by atoms with Crippen LogP contribution in [0.5, 0.6) is 0 Å². The molecule has 2 aromatic rings. The number of hydrogen-bond donors (Lipinski definition) is 1. The molecule has 2 heterocycles. The molecule has 0 fully saturated rings. The van der Waals surface area contributed by atoms with Crippen molar-refractivity contribution in [3.05, 3.63) is 23.5 Å². The number of carboxylic acid groups (broad SMARTS) is 1. The van der Waals surface area contributed by atoms with Crippen molar-refractivity contribution in [3.63, 3.8) is 0 Å². The van der Waals surface area contributed by atoms with Gasteiger partial charge in [0.2, 0.25) is 0 Å². The number of esters is 1. The SMILES string of the molecule is COC(=O)c1cc2cncnc2s1.O=C(O)C(F)(F)F. The second kappa shape index (κ2) is 6.28. The third kappa shape index (κ3) is 4.16. The highest BCUT2D eigenvalue weighted by Crippen LogP contribution is 2.22. The van der Waals surface area contributed by atoms with Crippen molar-refractivity contribution < 1.29 is 32.6 Å². The van der Waals surface area contributed by atoms with E-state index in [9.17, 15) is 18.0 Å². The Kier molecular flexibility index (Phi) is 4.97. The molecule has 0 spiro atoms. The molecule has 0 saturated carbocycles. The number of methoxy groups -OCH3 is 1. The normalized spacial score (nSPS) is 10.6. The van der Waals surface area contributed by atoms with Crippen LogP contribution in [0.15, 0.2) is 18.6 Å². The van der Waals surface area contributed by atoms with Crippen molar-refractivity contribution in [1.29, 1.82) is 0 Å². The van der Waals surface area contributed by atoms with Gasteiger partial charge in [0.15, 0.2) is 0 Å². The highest BCUT2D eigenvalue weighted by Gasteiger charge is 2.38. The molecule has 0 aliphatic rings. The van der Waals surface area contributed by atoms with E-state index in [2.05, 4.69) is 14.7 Å². The predicted molar refractivity (Wildman–Crippen MR) is 62.4 cm³/mol. The van der Waals surface area contributed by atoms with Gasteiger partial charge in [-0.3, -0.25) is 0 Å². The molecule has 0 atom stereocenters. The van der Waals surface area contributed by atoms with E-state index in [1.807, 2.05) is 0 Å². The van der Waals surface area contributed by atoms with Gasteiger partial charge in [-0.05, 0) is 6.07 Å². The number of fused-ring (bicyclic) bond motifs is 1. The van der Waals surface area contributed by atoms with Gasteiger partial charge in [-0.25, -0.2) is 19.6 Å². The highest BCUT2D eigenvalue weighted by molar-refractivity contribution is 7.20. The lowest BCUT2D eigenvalue weighted by Gasteiger charge is -1.93. The zero-order valence-electron chi connectivity index (χ0n) is 9.84. The predicted octanol–water partition coefficient (Wildman–Crippen LogP) is 2.11. The molecule has 6 nitrogen and oxygen atoms in total. The van der Waals surface area contributed by atoms with Crippen LogP contribution in [0.3, 0.4) is 0 Å². The number of ether oxygens (including phenoxy) is 1. The first-order valence-electron chi connectivity index (χ1n) is 4.83. The molecule has 0 bridgehead atoms. The van der Waals surface area contributed by atoms with Gasteiger partial charge in [0, 0.05) is 11.6 Å². The van der Waals surface area contributed by atoms with Crippen LogP contribution >= 0.6 is 11.3 Å².